The molecular weight excluding hydrogens is 252 g/mol. The van der Waals surface area contributed by atoms with Crippen LogP contribution in [-0.2, 0) is 0 Å². The smallest absolute Gasteiger partial charge is 0.0342 e. The van der Waals surface area contributed by atoms with Gasteiger partial charge in [-0.1, -0.05) is 84.4 Å². The molecule has 21 heavy (non-hydrogen) atoms. The van der Waals surface area contributed by atoms with E-state index in [2.05, 4.69) is 92.7 Å². The van der Waals surface area contributed by atoms with Gasteiger partial charge in [-0.3, -0.25) is 0 Å². The first-order chi connectivity index (χ1) is 10.3. The zero-order valence-electron chi connectivity index (χ0n) is 12.6. The van der Waals surface area contributed by atoms with E-state index in [0.29, 0.717) is 5.92 Å². The van der Waals surface area contributed by atoms with Crippen LogP contribution in [0.25, 0.3) is 0 Å². The number of hydrogen-bond acceptors (Lipinski definition) is 0. The Morgan fingerprint density at radius 1 is 0.619 bits per heavy atom. The molecule has 0 fully saturated rings. The molecule has 104 valence electrons. The van der Waals surface area contributed by atoms with Crippen molar-refractivity contribution in [1.82, 2.24) is 0 Å². The van der Waals surface area contributed by atoms with Crippen molar-refractivity contribution in [2.75, 3.05) is 0 Å². The summed E-state index contributed by atoms with van der Waals surface area (Å²) in [6.07, 6.45) is 0. The third-order valence-electron chi connectivity index (χ3n) is 4.01. The zero-order valence-corrected chi connectivity index (χ0v) is 12.6. The Balaban J connectivity index is 2.20. The van der Waals surface area contributed by atoms with Crippen LogP contribution in [0.1, 0.15) is 33.7 Å². The standard InChI is InChI=1S/C21H20/c1-16-13-14-17(2)20(15-16)21(18-9-5-3-6-10-18)19-11-7-4-8-12-19/h3-15,21H,1-2H3. The second-order valence-electron chi connectivity index (χ2n) is 5.61. The van der Waals surface area contributed by atoms with Gasteiger partial charge in [0.1, 0.15) is 0 Å². The first-order valence-electron chi connectivity index (χ1n) is 7.43. The topological polar surface area (TPSA) is 0 Å². The zero-order chi connectivity index (χ0) is 14.7. The normalized spacial score (nSPS) is 10.8. The van der Waals surface area contributed by atoms with Crippen molar-refractivity contribution in [1.29, 1.82) is 0 Å². The van der Waals surface area contributed by atoms with Gasteiger partial charge in [0.25, 0.3) is 0 Å². The molecule has 0 unspecified atom stereocenters. The molecule has 0 N–H and O–H groups in total. The minimum absolute atomic E-state index is 0.298. The van der Waals surface area contributed by atoms with Gasteiger partial charge >= 0.3 is 0 Å². The van der Waals surface area contributed by atoms with Crippen LogP contribution < -0.4 is 0 Å². The van der Waals surface area contributed by atoms with E-state index in [1.54, 1.807) is 0 Å². The number of rotatable bonds is 3. The van der Waals surface area contributed by atoms with E-state index in [0.717, 1.165) is 0 Å². The van der Waals surface area contributed by atoms with Crippen molar-refractivity contribution in [2.24, 2.45) is 0 Å². The fourth-order valence-electron chi connectivity index (χ4n) is 2.91. The van der Waals surface area contributed by atoms with Crippen LogP contribution in [0.4, 0.5) is 0 Å². The molecule has 0 atom stereocenters. The Morgan fingerprint density at radius 3 is 1.67 bits per heavy atom. The van der Waals surface area contributed by atoms with E-state index in [1.807, 2.05) is 0 Å². The van der Waals surface area contributed by atoms with Gasteiger partial charge in [-0.2, -0.15) is 0 Å². The van der Waals surface area contributed by atoms with E-state index in [9.17, 15) is 0 Å². The Labute approximate surface area is 127 Å². The SMILES string of the molecule is Cc1ccc(C)c(C(c2ccccc2)c2ccccc2)c1. The van der Waals surface area contributed by atoms with Gasteiger partial charge in [0, 0.05) is 5.92 Å². The molecule has 0 saturated carbocycles. The van der Waals surface area contributed by atoms with Crippen LogP contribution in [0.15, 0.2) is 78.9 Å². The lowest BCUT2D eigenvalue weighted by Gasteiger charge is -2.21. The molecule has 0 spiro atoms. The van der Waals surface area contributed by atoms with Gasteiger partial charge < -0.3 is 0 Å². The lowest BCUT2D eigenvalue weighted by molar-refractivity contribution is 0.959. The summed E-state index contributed by atoms with van der Waals surface area (Å²) in [5, 5.41) is 0. The maximum atomic E-state index is 2.32. The minimum Gasteiger partial charge on any atom is -0.0622 e. The maximum absolute atomic E-state index is 2.32. The van der Waals surface area contributed by atoms with Crippen molar-refractivity contribution < 1.29 is 0 Å². The molecule has 0 aliphatic heterocycles. The number of hydrogen-bond donors (Lipinski definition) is 0. The van der Waals surface area contributed by atoms with Gasteiger partial charge in [0.2, 0.25) is 0 Å². The van der Waals surface area contributed by atoms with Gasteiger partial charge in [0.05, 0.1) is 0 Å². The van der Waals surface area contributed by atoms with Crippen molar-refractivity contribution >= 4 is 0 Å². The molecule has 0 bridgehead atoms. The maximum Gasteiger partial charge on any atom is 0.0342 e. The molecule has 0 heteroatoms. The molecule has 3 aromatic carbocycles. The lowest BCUT2D eigenvalue weighted by Crippen LogP contribution is -2.05. The van der Waals surface area contributed by atoms with Crippen LogP contribution in [0.5, 0.6) is 0 Å². The average molecular weight is 272 g/mol. The molecule has 0 nitrogen and oxygen atoms in total. The Morgan fingerprint density at radius 2 is 1.14 bits per heavy atom. The lowest BCUT2D eigenvalue weighted by atomic mass is 9.82. The highest BCUT2D eigenvalue weighted by Gasteiger charge is 2.18. The fraction of sp³-hybridized carbons (Fsp3) is 0.143. The highest BCUT2D eigenvalue weighted by atomic mass is 14.2. The molecule has 3 rings (SSSR count). The van der Waals surface area contributed by atoms with E-state index >= 15 is 0 Å². The summed E-state index contributed by atoms with van der Waals surface area (Å²) >= 11 is 0. The summed E-state index contributed by atoms with van der Waals surface area (Å²) in [5.74, 6) is 0.298. The highest BCUT2D eigenvalue weighted by molar-refractivity contribution is 5.47. The van der Waals surface area contributed by atoms with Crippen LogP contribution in [0.3, 0.4) is 0 Å². The third kappa shape index (κ3) is 2.90. The van der Waals surface area contributed by atoms with Gasteiger partial charge in [-0.25, -0.2) is 0 Å². The van der Waals surface area contributed by atoms with E-state index < -0.39 is 0 Å². The summed E-state index contributed by atoms with van der Waals surface area (Å²) in [7, 11) is 0. The monoisotopic (exact) mass is 272 g/mol. The predicted molar refractivity (Wildman–Crippen MR) is 89.7 cm³/mol. The summed E-state index contributed by atoms with van der Waals surface area (Å²) < 4.78 is 0. The van der Waals surface area contributed by atoms with Crippen molar-refractivity contribution in [3.63, 3.8) is 0 Å². The second kappa shape index (κ2) is 5.97. The molecule has 0 radical (unpaired) electrons. The third-order valence-corrected chi connectivity index (χ3v) is 4.01. The highest BCUT2D eigenvalue weighted by Crippen LogP contribution is 2.34. The summed E-state index contributed by atoms with van der Waals surface area (Å²) in [6, 6.07) is 28.3. The summed E-state index contributed by atoms with van der Waals surface area (Å²) in [4.78, 5) is 0. The summed E-state index contributed by atoms with van der Waals surface area (Å²) in [5.41, 5.74) is 6.74. The van der Waals surface area contributed by atoms with Gasteiger partial charge in [0.15, 0.2) is 0 Å². The predicted octanol–water partition coefficient (Wildman–Crippen LogP) is 5.48. The molecule has 0 saturated heterocycles. The second-order valence-corrected chi connectivity index (χ2v) is 5.61. The Kier molecular flexibility index (Phi) is 3.87. The molecule has 0 amide bonds. The average Bonchev–Trinajstić information content (AvgIpc) is 2.53. The molecular formula is C21H20. The van der Waals surface area contributed by atoms with Gasteiger partial charge in [-0.05, 0) is 36.1 Å². The minimum atomic E-state index is 0.298. The number of aryl methyl sites for hydroxylation is 2. The molecule has 0 aromatic heterocycles. The van der Waals surface area contributed by atoms with E-state index in [-0.39, 0.29) is 0 Å². The molecule has 3 aromatic rings. The van der Waals surface area contributed by atoms with Crippen LogP contribution in [-0.4, -0.2) is 0 Å². The van der Waals surface area contributed by atoms with E-state index in [1.165, 1.54) is 27.8 Å². The van der Waals surface area contributed by atoms with Gasteiger partial charge in [-0.15, -0.1) is 0 Å². The Bertz CT molecular complexity index is 672. The Hall–Kier alpha value is -2.34. The molecule has 0 aliphatic carbocycles. The van der Waals surface area contributed by atoms with Crippen LogP contribution in [0.2, 0.25) is 0 Å². The summed E-state index contributed by atoms with van der Waals surface area (Å²) in [6.45, 7) is 4.36. The quantitative estimate of drug-likeness (QED) is 0.553. The van der Waals surface area contributed by atoms with E-state index in [4.69, 9.17) is 0 Å². The first kappa shape index (κ1) is 13.6. The van der Waals surface area contributed by atoms with Crippen molar-refractivity contribution in [3.05, 3.63) is 107 Å². The largest absolute Gasteiger partial charge is 0.0622 e. The number of benzene rings is 3. The fourth-order valence-corrected chi connectivity index (χ4v) is 2.91. The van der Waals surface area contributed by atoms with Crippen molar-refractivity contribution in [2.45, 2.75) is 19.8 Å². The van der Waals surface area contributed by atoms with Crippen molar-refractivity contribution in [3.8, 4) is 0 Å². The first-order valence-corrected chi connectivity index (χ1v) is 7.43. The van der Waals surface area contributed by atoms with Crippen LogP contribution >= 0.6 is 0 Å². The molecule has 0 aliphatic rings. The molecule has 0 heterocycles. The van der Waals surface area contributed by atoms with Crippen LogP contribution in [0, 0.1) is 13.8 Å².